The largest absolute Gasteiger partial charge is 0.349 e. The molecule has 3 heteroatoms. The third-order valence-corrected chi connectivity index (χ3v) is 2.91. The predicted octanol–water partition coefficient (Wildman–Crippen LogP) is 2.79. The van der Waals surface area contributed by atoms with E-state index in [0.717, 1.165) is 30.4 Å². The van der Waals surface area contributed by atoms with E-state index < -0.39 is 11.7 Å². The van der Waals surface area contributed by atoms with Crippen molar-refractivity contribution in [1.29, 1.82) is 0 Å². The molecule has 0 radical (unpaired) electrons. The van der Waals surface area contributed by atoms with E-state index in [1.54, 1.807) is 6.07 Å². The molecule has 1 N–H and O–H groups in total. The first kappa shape index (κ1) is 14.4. The topological polar surface area (TPSA) is 46.2 Å². The number of ketones is 1. The van der Waals surface area contributed by atoms with Gasteiger partial charge in [0.1, 0.15) is 0 Å². The Labute approximate surface area is 109 Å². The van der Waals surface area contributed by atoms with Crippen molar-refractivity contribution in [1.82, 2.24) is 5.32 Å². The van der Waals surface area contributed by atoms with Crippen LogP contribution in [0.25, 0.3) is 0 Å². The minimum absolute atomic E-state index is 0.437. The average Bonchev–Trinajstić information content (AvgIpc) is 2.36. The Morgan fingerprint density at radius 1 is 1.17 bits per heavy atom. The van der Waals surface area contributed by atoms with Crippen LogP contribution in [0.1, 0.15) is 47.7 Å². The molecule has 0 aliphatic carbocycles. The lowest BCUT2D eigenvalue weighted by Crippen LogP contribution is -2.32. The molecule has 0 aliphatic rings. The first-order valence-electron chi connectivity index (χ1n) is 6.46. The van der Waals surface area contributed by atoms with Gasteiger partial charge in [0, 0.05) is 12.1 Å². The van der Waals surface area contributed by atoms with Gasteiger partial charge in [0.15, 0.2) is 0 Å². The number of nitrogens with one attached hydrogen (secondary N) is 1. The Hall–Kier alpha value is -1.64. The van der Waals surface area contributed by atoms with E-state index >= 15 is 0 Å². The van der Waals surface area contributed by atoms with E-state index in [2.05, 4.69) is 12.2 Å². The second-order valence-corrected chi connectivity index (χ2v) is 4.61. The lowest BCUT2D eigenvalue weighted by atomic mass is 10.0. The van der Waals surface area contributed by atoms with Crippen molar-refractivity contribution in [2.45, 2.75) is 40.0 Å². The highest BCUT2D eigenvalue weighted by molar-refractivity contribution is 6.43. The number of hydrogen-bond donors (Lipinski definition) is 1. The fourth-order valence-corrected chi connectivity index (χ4v) is 1.76. The number of rotatable bonds is 6. The molecule has 0 saturated carbocycles. The number of Topliss-reactive ketones (excluding diaryl/α,β-unsaturated/α-hetero) is 1. The van der Waals surface area contributed by atoms with E-state index in [4.69, 9.17) is 0 Å². The van der Waals surface area contributed by atoms with Crippen molar-refractivity contribution < 1.29 is 9.59 Å². The molecule has 0 saturated heterocycles. The van der Waals surface area contributed by atoms with Gasteiger partial charge in [0.05, 0.1) is 0 Å². The van der Waals surface area contributed by atoms with Crippen molar-refractivity contribution in [3.05, 3.63) is 34.9 Å². The van der Waals surface area contributed by atoms with E-state index in [1.165, 1.54) is 0 Å². The molecule has 0 atom stereocenters. The van der Waals surface area contributed by atoms with Crippen LogP contribution in [-0.4, -0.2) is 18.2 Å². The lowest BCUT2D eigenvalue weighted by molar-refractivity contribution is -0.117. The van der Waals surface area contributed by atoms with Gasteiger partial charge in [-0.05, 0) is 31.9 Å². The van der Waals surface area contributed by atoms with Crippen molar-refractivity contribution in [2.24, 2.45) is 0 Å². The van der Waals surface area contributed by atoms with Gasteiger partial charge in [-0.15, -0.1) is 0 Å². The maximum absolute atomic E-state index is 12.0. The van der Waals surface area contributed by atoms with E-state index in [0.29, 0.717) is 12.1 Å². The summed E-state index contributed by atoms with van der Waals surface area (Å²) in [5, 5.41) is 2.67. The average molecular weight is 247 g/mol. The number of carbonyl (C=O) groups is 2. The summed E-state index contributed by atoms with van der Waals surface area (Å²) in [5.41, 5.74) is 2.33. The summed E-state index contributed by atoms with van der Waals surface area (Å²) < 4.78 is 0. The van der Waals surface area contributed by atoms with Crippen LogP contribution < -0.4 is 5.32 Å². The zero-order valence-electron chi connectivity index (χ0n) is 11.4. The van der Waals surface area contributed by atoms with Crippen LogP contribution in [0.3, 0.4) is 0 Å². The van der Waals surface area contributed by atoms with Gasteiger partial charge in [-0.2, -0.15) is 0 Å². The molecule has 3 nitrogen and oxygen atoms in total. The number of carbonyl (C=O) groups excluding carboxylic acids is 2. The lowest BCUT2D eigenvalue weighted by Gasteiger charge is -2.07. The zero-order chi connectivity index (χ0) is 13.5. The van der Waals surface area contributed by atoms with Crippen LogP contribution in [0.5, 0.6) is 0 Å². The van der Waals surface area contributed by atoms with Gasteiger partial charge in [-0.3, -0.25) is 9.59 Å². The molecule has 1 aromatic carbocycles. The molecule has 1 aromatic rings. The fraction of sp³-hybridized carbons (Fsp3) is 0.467. The van der Waals surface area contributed by atoms with Gasteiger partial charge < -0.3 is 5.32 Å². The Morgan fingerprint density at radius 3 is 2.56 bits per heavy atom. The number of amides is 1. The second-order valence-electron chi connectivity index (χ2n) is 4.61. The molecule has 0 heterocycles. The van der Waals surface area contributed by atoms with Crippen molar-refractivity contribution in [2.75, 3.05) is 6.54 Å². The molecule has 0 unspecified atom stereocenters. The van der Waals surface area contributed by atoms with E-state index in [9.17, 15) is 9.59 Å². The van der Waals surface area contributed by atoms with Crippen LogP contribution in [0, 0.1) is 13.8 Å². The highest BCUT2D eigenvalue weighted by atomic mass is 16.2. The molecule has 0 aromatic heterocycles. The maximum atomic E-state index is 12.0. The van der Waals surface area contributed by atoms with Gasteiger partial charge in [-0.25, -0.2) is 0 Å². The fourth-order valence-electron chi connectivity index (χ4n) is 1.76. The van der Waals surface area contributed by atoms with Crippen LogP contribution in [-0.2, 0) is 4.79 Å². The monoisotopic (exact) mass is 247 g/mol. The number of aryl methyl sites for hydroxylation is 2. The third kappa shape index (κ3) is 3.99. The molecule has 0 fully saturated rings. The summed E-state index contributed by atoms with van der Waals surface area (Å²) >= 11 is 0. The SMILES string of the molecule is CCCCCNC(=O)C(=O)c1cc(C)ccc1C. The van der Waals surface area contributed by atoms with Crippen LogP contribution >= 0.6 is 0 Å². The van der Waals surface area contributed by atoms with E-state index in [-0.39, 0.29) is 0 Å². The Morgan fingerprint density at radius 2 is 1.89 bits per heavy atom. The van der Waals surface area contributed by atoms with Gasteiger partial charge in [0.25, 0.3) is 5.91 Å². The molecule has 0 aliphatic heterocycles. The normalized spacial score (nSPS) is 10.2. The Bertz CT molecular complexity index is 438. The number of benzene rings is 1. The summed E-state index contributed by atoms with van der Waals surface area (Å²) in [4.78, 5) is 23.7. The van der Waals surface area contributed by atoms with Crippen LogP contribution in [0.2, 0.25) is 0 Å². The van der Waals surface area contributed by atoms with Crippen molar-refractivity contribution in [3.8, 4) is 0 Å². The molecule has 18 heavy (non-hydrogen) atoms. The molecule has 1 rings (SSSR count). The standard InChI is InChI=1S/C15H21NO2/c1-4-5-6-9-16-15(18)14(17)13-10-11(2)7-8-12(13)3/h7-8,10H,4-6,9H2,1-3H3,(H,16,18). The first-order chi connectivity index (χ1) is 8.56. The van der Waals surface area contributed by atoms with Gasteiger partial charge >= 0.3 is 0 Å². The smallest absolute Gasteiger partial charge is 0.292 e. The van der Waals surface area contributed by atoms with Crippen molar-refractivity contribution in [3.63, 3.8) is 0 Å². The van der Waals surface area contributed by atoms with Gasteiger partial charge in [-0.1, -0.05) is 37.5 Å². The minimum Gasteiger partial charge on any atom is -0.349 e. The molecule has 0 bridgehead atoms. The number of hydrogen-bond acceptors (Lipinski definition) is 2. The van der Waals surface area contributed by atoms with Crippen LogP contribution in [0.4, 0.5) is 0 Å². The maximum Gasteiger partial charge on any atom is 0.292 e. The molecular formula is C15H21NO2. The zero-order valence-corrected chi connectivity index (χ0v) is 11.4. The van der Waals surface area contributed by atoms with E-state index in [1.807, 2.05) is 26.0 Å². The summed E-state index contributed by atoms with van der Waals surface area (Å²) in [6.45, 7) is 6.43. The summed E-state index contributed by atoms with van der Waals surface area (Å²) in [6.07, 6.45) is 3.08. The summed E-state index contributed by atoms with van der Waals surface area (Å²) in [7, 11) is 0. The highest BCUT2D eigenvalue weighted by Crippen LogP contribution is 2.11. The quantitative estimate of drug-likeness (QED) is 0.477. The Kier molecular flexibility index (Phi) is 5.56. The molecule has 0 spiro atoms. The highest BCUT2D eigenvalue weighted by Gasteiger charge is 2.17. The van der Waals surface area contributed by atoms with Gasteiger partial charge in [0.2, 0.25) is 5.78 Å². The summed E-state index contributed by atoms with van der Waals surface area (Å²) in [5.74, 6) is -0.937. The number of unbranched alkanes of at least 4 members (excludes halogenated alkanes) is 2. The summed E-state index contributed by atoms with van der Waals surface area (Å²) in [6, 6.07) is 5.57. The Balaban J connectivity index is 2.63. The predicted molar refractivity (Wildman–Crippen MR) is 72.8 cm³/mol. The molecule has 1 amide bonds. The molecule has 98 valence electrons. The third-order valence-electron chi connectivity index (χ3n) is 2.91. The first-order valence-corrected chi connectivity index (χ1v) is 6.46. The minimum atomic E-state index is -0.500. The van der Waals surface area contributed by atoms with Crippen molar-refractivity contribution >= 4 is 11.7 Å². The second kappa shape index (κ2) is 6.94. The molecular weight excluding hydrogens is 226 g/mol. The van der Waals surface area contributed by atoms with Crippen LogP contribution in [0.15, 0.2) is 18.2 Å².